The zero-order valence-corrected chi connectivity index (χ0v) is 17.6. The molecule has 1 aromatic carbocycles. The van der Waals surface area contributed by atoms with Crippen LogP contribution >= 0.6 is 0 Å². The van der Waals surface area contributed by atoms with Gasteiger partial charge in [0.1, 0.15) is 22.9 Å². The molecule has 7 nitrogen and oxygen atoms in total. The Kier molecular flexibility index (Phi) is 9.62. The number of carbonyl (C=O) groups is 2. The maximum absolute atomic E-state index is 12.8. The van der Waals surface area contributed by atoms with Crippen molar-refractivity contribution in [1.29, 1.82) is 0 Å². The van der Waals surface area contributed by atoms with Crippen molar-refractivity contribution < 1.29 is 28.9 Å². The van der Waals surface area contributed by atoms with Crippen molar-refractivity contribution in [3.8, 4) is 17.2 Å². The number of rotatable bonds is 13. The molecule has 0 bridgehead atoms. The SMILES string of the molecule is COc1cc(OC)c(NC(=O)C(C)(C)CCCCCCCC(=O)O)c(OC)c1. The molecular weight excluding hydrogens is 362 g/mol. The Morgan fingerprint density at radius 1 is 0.929 bits per heavy atom. The molecule has 0 aromatic heterocycles. The van der Waals surface area contributed by atoms with Crippen molar-refractivity contribution in [3.63, 3.8) is 0 Å². The molecule has 0 saturated carbocycles. The fourth-order valence-corrected chi connectivity index (χ4v) is 2.90. The van der Waals surface area contributed by atoms with Gasteiger partial charge in [-0.15, -0.1) is 0 Å². The van der Waals surface area contributed by atoms with Gasteiger partial charge >= 0.3 is 5.97 Å². The summed E-state index contributed by atoms with van der Waals surface area (Å²) >= 11 is 0. The zero-order valence-electron chi connectivity index (χ0n) is 17.6. The Balaban J connectivity index is 2.64. The smallest absolute Gasteiger partial charge is 0.303 e. The summed E-state index contributed by atoms with van der Waals surface area (Å²) in [6.45, 7) is 3.82. The molecule has 1 aromatic rings. The monoisotopic (exact) mass is 395 g/mol. The highest BCUT2D eigenvalue weighted by Crippen LogP contribution is 2.40. The number of benzene rings is 1. The topological polar surface area (TPSA) is 94.1 Å². The van der Waals surface area contributed by atoms with Gasteiger partial charge in [-0.25, -0.2) is 0 Å². The van der Waals surface area contributed by atoms with E-state index in [0.29, 0.717) is 29.4 Å². The Hall–Kier alpha value is -2.44. The molecule has 0 saturated heterocycles. The van der Waals surface area contributed by atoms with Crippen LogP contribution in [0.3, 0.4) is 0 Å². The highest BCUT2D eigenvalue weighted by Gasteiger charge is 2.29. The third-order valence-electron chi connectivity index (χ3n) is 4.76. The molecule has 0 atom stereocenters. The van der Waals surface area contributed by atoms with Gasteiger partial charge in [0.15, 0.2) is 0 Å². The van der Waals surface area contributed by atoms with Gasteiger partial charge in [-0.2, -0.15) is 0 Å². The lowest BCUT2D eigenvalue weighted by Gasteiger charge is -2.25. The minimum Gasteiger partial charge on any atom is -0.496 e. The normalized spacial score (nSPS) is 11.0. The van der Waals surface area contributed by atoms with E-state index >= 15 is 0 Å². The highest BCUT2D eigenvalue weighted by molar-refractivity contribution is 5.97. The molecule has 0 heterocycles. The number of anilines is 1. The molecule has 0 aliphatic carbocycles. The second-order valence-corrected chi connectivity index (χ2v) is 7.41. The number of hydrogen-bond donors (Lipinski definition) is 2. The predicted octanol–water partition coefficient (Wildman–Crippen LogP) is 4.49. The molecule has 1 rings (SSSR count). The van der Waals surface area contributed by atoms with Gasteiger partial charge in [-0.3, -0.25) is 9.59 Å². The number of ether oxygens (including phenoxy) is 3. The summed E-state index contributed by atoms with van der Waals surface area (Å²) in [5.41, 5.74) is -0.0747. The average Bonchev–Trinajstić information content (AvgIpc) is 2.66. The van der Waals surface area contributed by atoms with Crippen LogP contribution in [0.2, 0.25) is 0 Å². The summed E-state index contributed by atoms with van der Waals surface area (Å²) in [6, 6.07) is 3.39. The van der Waals surface area contributed by atoms with Crippen LogP contribution in [-0.2, 0) is 9.59 Å². The van der Waals surface area contributed by atoms with Crippen LogP contribution in [0.1, 0.15) is 58.8 Å². The predicted molar refractivity (Wildman–Crippen MR) is 108 cm³/mol. The van der Waals surface area contributed by atoms with Crippen molar-refractivity contribution in [2.24, 2.45) is 5.41 Å². The lowest BCUT2D eigenvalue weighted by Crippen LogP contribution is -2.31. The minimum absolute atomic E-state index is 0.111. The van der Waals surface area contributed by atoms with Crippen molar-refractivity contribution in [2.75, 3.05) is 26.6 Å². The third-order valence-corrected chi connectivity index (χ3v) is 4.76. The van der Waals surface area contributed by atoms with Gasteiger partial charge < -0.3 is 24.6 Å². The van der Waals surface area contributed by atoms with Gasteiger partial charge in [0, 0.05) is 24.0 Å². The number of methoxy groups -OCH3 is 3. The average molecular weight is 395 g/mol. The van der Waals surface area contributed by atoms with Crippen LogP contribution in [0, 0.1) is 5.41 Å². The van der Waals surface area contributed by atoms with E-state index in [9.17, 15) is 9.59 Å². The fourth-order valence-electron chi connectivity index (χ4n) is 2.90. The van der Waals surface area contributed by atoms with Crippen molar-refractivity contribution in [3.05, 3.63) is 12.1 Å². The van der Waals surface area contributed by atoms with Crippen LogP contribution in [0.25, 0.3) is 0 Å². The number of aliphatic carboxylic acids is 1. The van der Waals surface area contributed by atoms with Gasteiger partial charge in [0.05, 0.1) is 21.3 Å². The second-order valence-electron chi connectivity index (χ2n) is 7.41. The molecule has 0 aliphatic rings. The Labute approximate surface area is 167 Å². The van der Waals surface area contributed by atoms with Crippen molar-refractivity contribution in [2.45, 2.75) is 58.8 Å². The number of amides is 1. The van der Waals surface area contributed by atoms with Gasteiger partial charge in [0.25, 0.3) is 0 Å². The summed E-state index contributed by atoms with van der Waals surface area (Å²) < 4.78 is 16.0. The molecule has 158 valence electrons. The Morgan fingerprint density at radius 3 is 1.96 bits per heavy atom. The summed E-state index contributed by atoms with van der Waals surface area (Å²) in [7, 11) is 4.61. The van der Waals surface area contributed by atoms with Crippen molar-refractivity contribution >= 4 is 17.6 Å². The Morgan fingerprint density at radius 2 is 1.46 bits per heavy atom. The first-order valence-corrected chi connectivity index (χ1v) is 9.58. The highest BCUT2D eigenvalue weighted by atomic mass is 16.5. The number of carboxylic acid groups (broad SMARTS) is 1. The van der Waals surface area contributed by atoms with E-state index in [2.05, 4.69) is 5.32 Å². The lowest BCUT2D eigenvalue weighted by atomic mass is 9.85. The first-order chi connectivity index (χ1) is 13.2. The quantitative estimate of drug-likeness (QED) is 0.478. The second kappa shape index (κ2) is 11.4. The summed E-state index contributed by atoms with van der Waals surface area (Å²) in [6.07, 6.45) is 5.43. The Bertz CT molecular complexity index is 631. The summed E-state index contributed by atoms with van der Waals surface area (Å²) in [5, 5.41) is 11.6. The van der Waals surface area contributed by atoms with Crippen LogP contribution in [0.15, 0.2) is 12.1 Å². The standard InChI is InChI=1S/C21H33NO6/c1-21(2,12-10-8-6-7-9-11-18(23)24)20(25)22-19-16(27-4)13-15(26-3)14-17(19)28-5/h13-14H,6-12H2,1-5H3,(H,22,25)(H,23,24). The number of carboxylic acids is 1. The molecule has 28 heavy (non-hydrogen) atoms. The van der Waals surface area contributed by atoms with Crippen LogP contribution in [-0.4, -0.2) is 38.3 Å². The lowest BCUT2D eigenvalue weighted by molar-refractivity contribution is -0.137. The number of carbonyl (C=O) groups excluding carboxylic acids is 1. The third kappa shape index (κ3) is 7.29. The fraction of sp³-hybridized carbons (Fsp3) is 0.619. The van der Waals surface area contributed by atoms with Gasteiger partial charge in [0.2, 0.25) is 5.91 Å². The molecular formula is C21H33NO6. The molecule has 7 heteroatoms. The molecule has 0 spiro atoms. The number of hydrogen-bond acceptors (Lipinski definition) is 5. The van der Waals surface area contributed by atoms with Gasteiger partial charge in [-0.05, 0) is 12.8 Å². The van der Waals surface area contributed by atoms with Crippen molar-refractivity contribution in [1.82, 2.24) is 0 Å². The van der Waals surface area contributed by atoms with Crippen LogP contribution in [0.4, 0.5) is 5.69 Å². The van der Waals surface area contributed by atoms with E-state index in [1.807, 2.05) is 13.8 Å². The molecule has 0 radical (unpaired) electrons. The largest absolute Gasteiger partial charge is 0.496 e. The first kappa shape index (κ1) is 23.6. The molecule has 1 amide bonds. The molecule has 0 fully saturated rings. The van der Waals surface area contributed by atoms with Gasteiger partial charge in [-0.1, -0.05) is 39.5 Å². The van der Waals surface area contributed by atoms with E-state index in [1.165, 1.54) is 14.2 Å². The molecule has 0 aliphatic heterocycles. The first-order valence-electron chi connectivity index (χ1n) is 9.58. The van der Waals surface area contributed by atoms with E-state index < -0.39 is 11.4 Å². The number of nitrogens with one attached hydrogen (secondary N) is 1. The summed E-state index contributed by atoms with van der Waals surface area (Å²) in [5.74, 6) is 0.661. The maximum Gasteiger partial charge on any atom is 0.303 e. The summed E-state index contributed by atoms with van der Waals surface area (Å²) in [4.78, 5) is 23.4. The van der Waals surface area contributed by atoms with E-state index in [4.69, 9.17) is 19.3 Å². The van der Waals surface area contributed by atoms with E-state index in [1.54, 1.807) is 19.2 Å². The van der Waals surface area contributed by atoms with E-state index in [0.717, 1.165) is 32.1 Å². The zero-order chi connectivity index (χ0) is 21.2. The van der Waals surface area contributed by atoms with Crippen LogP contribution in [0.5, 0.6) is 17.2 Å². The minimum atomic E-state index is -0.748. The number of unbranched alkanes of at least 4 members (excludes halogenated alkanes) is 4. The maximum atomic E-state index is 12.8. The van der Waals surface area contributed by atoms with E-state index in [-0.39, 0.29) is 12.3 Å². The van der Waals surface area contributed by atoms with Crippen LogP contribution < -0.4 is 19.5 Å². The molecule has 0 unspecified atom stereocenters. The molecule has 2 N–H and O–H groups in total.